The van der Waals surface area contributed by atoms with Gasteiger partial charge in [0.1, 0.15) is 5.82 Å². The van der Waals surface area contributed by atoms with Gasteiger partial charge in [-0.3, -0.25) is 5.43 Å². The topological polar surface area (TPSA) is 33.6 Å². The Kier molecular flexibility index (Phi) is 5.89. The molecule has 0 aliphatic carbocycles. The molecule has 2 rings (SSSR count). The molecule has 0 aliphatic rings. The molecule has 0 atom stereocenters. The fourth-order valence-electron chi connectivity index (χ4n) is 1.84. The first-order valence-electron chi connectivity index (χ1n) is 7.16. The molecule has 0 aromatic heterocycles. The second kappa shape index (κ2) is 8.12. The van der Waals surface area contributed by atoms with Crippen LogP contribution in [0.3, 0.4) is 0 Å². The first-order chi connectivity index (χ1) is 10.7. The summed E-state index contributed by atoms with van der Waals surface area (Å²) in [6.07, 6.45) is 3.08. The maximum absolute atomic E-state index is 13.8. The van der Waals surface area contributed by atoms with Gasteiger partial charge in [0.15, 0.2) is 11.6 Å². The van der Waals surface area contributed by atoms with Crippen LogP contribution >= 0.6 is 0 Å². The number of hydrogen-bond donors (Lipinski definition) is 1. The van der Waals surface area contributed by atoms with Crippen LogP contribution in [0.25, 0.3) is 0 Å². The second-order valence-electron chi connectivity index (χ2n) is 4.74. The van der Waals surface area contributed by atoms with E-state index in [-0.39, 0.29) is 11.3 Å². The van der Waals surface area contributed by atoms with E-state index in [1.807, 2.05) is 37.3 Å². The predicted octanol–water partition coefficient (Wildman–Crippen LogP) is 4.59. The SMILES string of the molecule is CCCCOc1c(F)cc(F)cc1C=NNc1ccccc1. The highest BCUT2D eigenvalue weighted by atomic mass is 19.1. The van der Waals surface area contributed by atoms with Crippen molar-refractivity contribution in [3.63, 3.8) is 0 Å². The van der Waals surface area contributed by atoms with Gasteiger partial charge in [-0.15, -0.1) is 0 Å². The summed E-state index contributed by atoms with van der Waals surface area (Å²) in [6, 6.07) is 11.3. The lowest BCUT2D eigenvalue weighted by Gasteiger charge is -2.10. The van der Waals surface area contributed by atoms with E-state index in [1.54, 1.807) is 0 Å². The van der Waals surface area contributed by atoms with Crippen LogP contribution in [0.5, 0.6) is 5.75 Å². The summed E-state index contributed by atoms with van der Waals surface area (Å²) in [6.45, 7) is 2.39. The highest BCUT2D eigenvalue weighted by Crippen LogP contribution is 2.23. The summed E-state index contributed by atoms with van der Waals surface area (Å²) >= 11 is 0. The number of para-hydroxylation sites is 1. The Hall–Kier alpha value is -2.43. The lowest BCUT2D eigenvalue weighted by Crippen LogP contribution is -2.03. The first-order valence-corrected chi connectivity index (χ1v) is 7.16. The van der Waals surface area contributed by atoms with E-state index in [2.05, 4.69) is 10.5 Å². The third kappa shape index (κ3) is 4.55. The van der Waals surface area contributed by atoms with E-state index in [0.717, 1.165) is 24.6 Å². The summed E-state index contributed by atoms with van der Waals surface area (Å²) in [5.41, 5.74) is 3.84. The Morgan fingerprint density at radius 3 is 2.68 bits per heavy atom. The van der Waals surface area contributed by atoms with Gasteiger partial charge in [-0.2, -0.15) is 5.10 Å². The molecule has 0 saturated heterocycles. The van der Waals surface area contributed by atoms with Gasteiger partial charge in [0.05, 0.1) is 18.5 Å². The van der Waals surface area contributed by atoms with Crippen LogP contribution < -0.4 is 10.2 Å². The van der Waals surface area contributed by atoms with Crippen LogP contribution in [0.15, 0.2) is 47.6 Å². The van der Waals surface area contributed by atoms with Crippen LogP contribution in [0.2, 0.25) is 0 Å². The van der Waals surface area contributed by atoms with Gasteiger partial charge in [0.25, 0.3) is 0 Å². The van der Waals surface area contributed by atoms with Crippen molar-refractivity contribution in [3.05, 3.63) is 59.7 Å². The summed E-state index contributed by atoms with van der Waals surface area (Å²) in [4.78, 5) is 0. The van der Waals surface area contributed by atoms with Crippen LogP contribution in [0, 0.1) is 11.6 Å². The summed E-state index contributed by atoms with van der Waals surface area (Å²) < 4.78 is 32.6. The zero-order chi connectivity index (χ0) is 15.8. The van der Waals surface area contributed by atoms with Gasteiger partial charge >= 0.3 is 0 Å². The average molecular weight is 304 g/mol. The van der Waals surface area contributed by atoms with Crippen molar-refractivity contribution in [2.75, 3.05) is 12.0 Å². The Balaban J connectivity index is 2.14. The molecule has 0 unspecified atom stereocenters. The number of unbranched alkanes of at least 4 members (excludes halogenated alkanes) is 1. The molecule has 2 aromatic carbocycles. The Bertz CT molecular complexity index is 630. The molecule has 0 spiro atoms. The minimum Gasteiger partial charge on any atom is -0.490 e. The van der Waals surface area contributed by atoms with E-state index in [1.165, 1.54) is 12.3 Å². The highest BCUT2D eigenvalue weighted by molar-refractivity contribution is 5.84. The van der Waals surface area contributed by atoms with Crippen molar-refractivity contribution in [2.24, 2.45) is 5.10 Å². The van der Waals surface area contributed by atoms with Crippen LogP contribution in [-0.4, -0.2) is 12.8 Å². The summed E-state index contributed by atoms with van der Waals surface area (Å²) in [7, 11) is 0. The number of hydrazone groups is 1. The van der Waals surface area contributed by atoms with E-state index in [9.17, 15) is 8.78 Å². The number of benzene rings is 2. The average Bonchev–Trinajstić information content (AvgIpc) is 2.51. The molecule has 3 nitrogen and oxygen atoms in total. The van der Waals surface area contributed by atoms with Gasteiger partial charge in [0, 0.05) is 11.6 Å². The Morgan fingerprint density at radius 2 is 1.95 bits per heavy atom. The normalized spacial score (nSPS) is 10.9. The lowest BCUT2D eigenvalue weighted by atomic mass is 10.2. The zero-order valence-corrected chi connectivity index (χ0v) is 12.4. The fourth-order valence-corrected chi connectivity index (χ4v) is 1.84. The Morgan fingerprint density at radius 1 is 1.18 bits per heavy atom. The molecular weight excluding hydrogens is 286 g/mol. The molecule has 0 heterocycles. The molecular formula is C17H18F2N2O. The molecule has 22 heavy (non-hydrogen) atoms. The van der Waals surface area contributed by atoms with Gasteiger partial charge in [-0.05, 0) is 24.6 Å². The third-order valence-electron chi connectivity index (χ3n) is 2.95. The third-order valence-corrected chi connectivity index (χ3v) is 2.95. The largest absolute Gasteiger partial charge is 0.490 e. The van der Waals surface area contributed by atoms with Crippen LogP contribution in [0.4, 0.5) is 14.5 Å². The molecule has 0 amide bonds. The molecule has 0 saturated carbocycles. The van der Waals surface area contributed by atoms with Crippen molar-refractivity contribution < 1.29 is 13.5 Å². The van der Waals surface area contributed by atoms with Crippen molar-refractivity contribution in [1.82, 2.24) is 0 Å². The summed E-state index contributed by atoms with van der Waals surface area (Å²) in [5.74, 6) is -1.37. The minimum atomic E-state index is -0.725. The highest BCUT2D eigenvalue weighted by Gasteiger charge is 2.11. The first kappa shape index (κ1) is 15.9. The van der Waals surface area contributed by atoms with Crippen molar-refractivity contribution >= 4 is 11.9 Å². The monoisotopic (exact) mass is 304 g/mol. The standard InChI is InChI=1S/C17H18F2N2O/c1-2-3-9-22-17-13(10-14(18)11-16(17)19)12-20-21-15-7-5-4-6-8-15/h4-8,10-12,21H,2-3,9H2,1H3. The maximum atomic E-state index is 13.8. The summed E-state index contributed by atoms with van der Waals surface area (Å²) in [5, 5.41) is 3.99. The molecule has 116 valence electrons. The number of halogens is 2. The lowest BCUT2D eigenvalue weighted by molar-refractivity contribution is 0.293. The van der Waals surface area contributed by atoms with E-state index < -0.39 is 11.6 Å². The number of hydrogen-bond acceptors (Lipinski definition) is 3. The number of rotatable bonds is 7. The van der Waals surface area contributed by atoms with Gasteiger partial charge < -0.3 is 4.74 Å². The molecule has 5 heteroatoms. The van der Waals surface area contributed by atoms with Crippen molar-refractivity contribution in [2.45, 2.75) is 19.8 Å². The van der Waals surface area contributed by atoms with E-state index in [0.29, 0.717) is 6.61 Å². The van der Waals surface area contributed by atoms with Gasteiger partial charge in [-0.1, -0.05) is 31.5 Å². The molecule has 0 radical (unpaired) electrons. The number of nitrogens with one attached hydrogen (secondary N) is 1. The zero-order valence-electron chi connectivity index (χ0n) is 12.4. The predicted molar refractivity (Wildman–Crippen MR) is 84.4 cm³/mol. The Labute approximate surface area is 128 Å². The quantitative estimate of drug-likeness (QED) is 0.461. The molecule has 0 fully saturated rings. The molecule has 1 N–H and O–H groups in total. The number of nitrogens with zero attached hydrogens (tertiary/aromatic N) is 1. The second-order valence-corrected chi connectivity index (χ2v) is 4.74. The fraction of sp³-hybridized carbons (Fsp3) is 0.235. The minimum absolute atomic E-state index is 0.0217. The van der Waals surface area contributed by atoms with Gasteiger partial charge in [-0.25, -0.2) is 8.78 Å². The number of ether oxygens (including phenoxy) is 1. The van der Waals surface area contributed by atoms with Crippen LogP contribution in [0.1, 0.15) is 25.3 Å². The van der Waals surface area contributed by atoms with Crippen molar-refractivity contribution in [3.8, 4) is 5.75 Å². The van der Waals surface area contributed by atoms with E-state index in [4.69, 9.17) is 4.74 Å². The maximum Gasteiger partial charge on any atom is 0.168 e. The smallest absolute Gasteiger partial charge is 0.168 e. The molecule has 0 bridgehead atoms. The van der Waals surface area contributed by atoms with Gasteiger partial charge in [0.2, 0.25) is 0 Å². The van der Waals surface area contributed by atoms with Crippen LogP contribution in [-0.2, 0) is 0 Å². The molecule has 2 aromatic rings. The molecule has 0 aliphatic heterocycles. The van der Waals surface area contributed by atoms with E-state index >= 15 is 0 Å². The van der Waals surface area contributed by atoms with Crippen molar-refractivity contribution in [1.29, 1.82) is 0 Å². The number of anilines is 1.